The third kappa shape index (κ3) is 1.54. The third-order valence-corrected chi connectivity index (χ3v) is 3.01. The molecule has 0 amide bonds. The Hall–Kier alpha value is -2.04. The molecule has 0 fully saturated rings. The SMILES string of the molecule is COC(=O)c1c(C)[nH]c2c(cc(C)n2C)c1=O. The second-order valence-corrected chi connectivity index (χ2v) is 4.05. The van der Waals surface area contributed by atoms with Crippen LogP contribution in [0.1, 0.15) is 21.7 Å². The Morgan fingerprint density at radius 2 is 2.06 bits per heavy atom. The predicted molar refractivity (Wildman–Crippen MR) is 64.4 cm³/mol. The van der Waals surface area contributed by atoms with Gasteiger partial charge in [-0.15, -0.1) is 0 Å². The minimum atomic E-state index is -0.604. The highest BCUT2D eigenvalue weighted by Crippen LogP contribution is 2.15. The maximum Gasteiger partial charge on any atom is 0.343 e. The number of aromatic amines is 1. The summed E-state index contributed by atoms with van der Waals surface area (Å²) in [5.74, 6) is -0.604. The van der Waals surface area contributed by atoms with Crippen LogP contribution in [0.4, 0.5) is 0 Å². The van der Waals surface area contributed by atoms with Crippen LogP contribution < -0.4 is 5.43 Å². The number of aromatic nitrogens is 2. The van der Waals surface area contributed by atoms with Crippen molar-refractivity contribution in [2.75, 3.05) is 7.11 Å². The maximum absolute atomic E-state index is 12.2. The van der Waals surface area contributed by atoms with Crippen molar-refractivity contribution >= 4 is 17.0 Å². The van der Waals surface area contributed by atoms with Crippen LogP contribution in [-0.2, 0) is 11.8 Å². The first-order valence-corrected chi connectivity index (χ1v) is 5.24. The van der Waals surface area contributed by atoms with Crippen LogP contribution in [0, 0.1) is 13.8 Å². The van der Waals surface area contributed by atoms with Gasteiger partial charge >= 0.3 is 5.97 Å². The number of methoxy groups -OCH3 is 1. The summed E-state index contributed by atoms with van der Waals surface area (Å²) in [6.07, 6.45) is 0. The number of pyridine rings is 1. The molecule has 0 bridgehead atoms. The molecule has 5 nitrogen and oxygen atoms in total. The van der Waals surface area contributed by atoms with Gasteiger partial charge in [0, 0.05) is 18.4 Å². The summed E-state index contributed by atoms with van der Waals surface area (Å²) in [4.78, 5) is 26.8. The summed E-state index contributed by atoms with van der Waals surface area (Å²) in [6.45, 7) is 3.59. The molecular weight excluding hydrogens is 220 g/mol. The van der Waals surface area contributed by atoms with Gasteiger partial charge in [-0.2, -0.15) is 0 Å². The lowest BCUT2D eigenvalue weighted by Crippen LogP contribution is -2.19. The molecule has 5 heteroatoms. The van der Waals surface area contributed by atoms with Gasteiger partial charge in [0.2, 0.25) is 5.43 Å². The van der Waals surface area contributed by atoms with E-state index in [1.165, 1.54) is 7.11 Å². The van der Waals surface area contributed by atoms with E-state index in [-0.39, 0.29) is 11.0 Å². The Morgan fingerprint density at radius 1 is 1.41 bits per heavy atom. The van der Waals surface area contributed by atoms with Crippen LogP contribution in [0.2, 0.25) is 0 Å². The van der Waals surface area contributed by atoms with E-state index in [9.17, 15) is 9.59 Å². The van der Waals surface area contributed by atoms with Gasteiger partial charge in [0.1, 0.15) is 11.2 Å². The Morgan fingerprint density at radius 3 is 2.65 bits per heavy atom. The molecule has 0 aliphatic heterocycles. The van der Waals surface area contributed by atoms with Gasteiger partial charge in [-0.25, -0.2) is 4.79 Å². The van der Waals surface area contributed by atoms with Crippen LogP contribution in [0.15, 0.2) is 10.9 Å². The lowest BCUT2D eigenvalue weighted by atomic mass is 10.1. The molecule has 0 atom stereocenters. The van der Waals surface area contributed by atoms with Gasteiger partial charge in [0.05, 0.1) is 12.5 Å². The number of hydrogen-bond donors (Lipinski definition) is 1. The molecule has 1 N–H and O–H groups in total. The van der Waals surface area contributed by atoms with E-state index in [0.29, 0.717) is 11.1 Å². The predicted octanol–water partition coefficient (Wildman–Crippen LogP) is 1.27. The van der Waals surface area contributed by atoms with Crippen LogP contribution in [-0.4, -0.2) is 22.6 Å². The zero-order valence-corrected chi connectivity index (χ0v) is 10.2. The summed E-state index contributed by atoms with van der Waals surface area (Å²) >= 11 is 0. The fraction of sp³-hybridized carbons (Fsp3) is 0.333. The van der Waals surface area contributed by atoms with E-state index in [0.717, 1.165) is 11.3 Å². The molecule has 2 aromatic rings. The van der Waals surface area contributed by atoms with E-state index >= 15 is 0 Å². The number of rotatable bonds is 1. The van der Waals surface area contributed by atoms with Crippen molar-refractivity contribution < 1.29 is 9.53 Å². The van der Waals surface area contributed by atoms with E-state index in [1.54, 1.807) is 13.0 Å². The quantitative estimate of drug-likeness (QED) is 0.756. The lowest BCUT2D eigenvalue weighted by Gasteiger charge is -2.05. The first kappa shape index (κ1) is 11.4. The number of nitrogens with zero attached hydrogens (tertiary/aromatic N) is 1. The molecule has 0 aliphatic rings. The molecule has 0 radical (unpaired) electrons. The molecule has 17 heavy (non-hydrogen) atoms. The second kappa shape index (κ2) is 3.76. The molecule has 0 saturated carbocycles. The van der Waals surface area contributed by atoms with E-state index in [2.05, 4.69) is 9.72 Å². The maximum atomic E-state index is 12.2. The normalized spacial score (nSPS) is 10.8. The van der Waals surface area contributed by atoms with Gasteiger partial charge in [0.25, 0.3) is 0 Å². The van der Waals surface area contributed by atoms with Crippen molar-refractivity contribution in [2.24, 2.45) is 7.05 Å². The zero-order valence-electron chi connectivity index (χ0n) is 10.2. The van der Waals surface area contributed by atoms with Crippen LogP contribution in [0.3, 0.4) is 0 Å². The summed E-state index contributed by atoms with van der Waals surface area (Å²) in [7, 11) is 3.13. The first-order valence-electron chi connectivity index (χ1n) is 5.24. The molecule has 2 rings (SSSR count). The topological polar surface area (TPSA) is 64.1 Å². The fourth-order valence-electron chi connectivity index (χ4n) is 1.95. The average molecular weight is 234 g/mol. The summed E-state index contributed by atoms with van der Waals surface area (Å²) in [6, 6.07) is 1.76. The molecule has 2 aromatic heterocycles. The van der Waals surface area contributed by atoms with Crippen molar-refractivity contribution in [3.05, 3.63) is 33.2 Å². The second-order valence-electron chi connectivity index (χ2n) is 4.05. The van der Waals surface area contributed by atoms with Crippen LogP contribution in [0.5, 0.6) is 0 Å². The molecule has 0 unspecified atom stereocenters. The Bertz CT molecular complexity index is 664. The first-order chi connectivity index (χ1) is 7.97. The fourth-order valence-corrected chi connectivity index (χ4v) is 1.95. The highest BCUT2D eigenvalue weighted by molar-refractivity contribution is 5.94. The molecular formula is C12H14N2O3. The van der Waals surface area contributed by atoms with Gasteiger partial charge in [-0.05, 0) is 19.9 Å². The lowest BCUT2D eigenvalue weighted by molar-refractivity contribution is 0.0598. The monoisotopic (exact) mass is 234 g/mol. The van der Waals surface area contributed by atoms with Gasteiger partial charge in [0.15, 0.2) is 0 Å². The van der Waals surface area contributed by atoms with Gasteiger partial charge in [-0.1, -0.05) is 0 Å². The van der Waals surface area contributed by atoms with Gasteiger partial charge in [-0.3, -0.25) is 4.79 Å². The van der Waals surface area contributed by atoms with Crippen molar-refractivity contribution in [2.45, 2.75) is 13.8 Å². The van der Waals surface area contributed by atoms with E-state index in [1.807, 2.05) is 18.5 Å². The Labute approximate surface area is 98.0 Å². The van der Waals surface area contributed by atoms with E-state index in [4.69, 9.17) is 0 Å². The molecule has 0 saturated heterocycles. The summed E-state index contributed by atoms with van der Waals surface area (Å²) in [5, 5.41) is 0.510. The number of nitrogens with one attached hydrogen (secondary N) is 1. The smallest absolute Gasteiger partial charge is 0.343 e. The van der Waals surface area contributed by atoms with Crippen molar-refractivity contribution in [1.82, 2.24) is 9.55 Å². The molecule has 90 valence electrons. The van der Waals surface area contributed by atoms with Gasteiger partial charge < -0.3 is 14.3 Å². The summed E-state index contributed by atoms with van der Waals surface area (Å²) < 4.78 is 6.50. The summed E-state index contributed by atoms with van der Waals surface area (Å²) in [5.41, 5.74) is 1.99. The highest BCUT2D eigenvalue weighted by atomic mass is 16.5. The number of carbonyl (C=O) groups excluding carboxylic acids is 1. The number of esters is 1. The number of carbonyl (C=O) groups is 1. The van der Waals surface area contributed by atoms with Crippen LogP contribution in [0.25, 0.3) is 11.0 Å². The molecule has 0 aliphatic carbocycles. The molecule has 0 spiro atoms. The minimum absolute atomic E-state index is 0.0746. The molecule has 0 aromatic carbocycles. The largest absolute Gasteiger partial charge is 0.465 e. The number of ether oxygens (including phenoxy) is 1. The Balaban J connectivity index is 2.91. The number of aryl methyl sites for hydroxylation is 3. The molecule has 2 heterocycles. The highest BCUT2D eigenvalue weighted by Gasteiger charge is 2.18. The Kier molecular flexibility index (Phi) is 2.53. The number of hydrogen-bond acceptors (Lipinski definition) is 3. The van der Waals surface area contributed by atoms with Crippen molar-refractivity contribution in [3.63, 3.8) is 0 Å². The van der Waals surface area contributed by atoms with Crippen LogP contribution >= 0.6 is 0 Å². The van der Waals surface area contributed by atoms with E-state index < -0.39 is 5.97 Å². The zero-order chi connectivity index (χ0) is 12.7. The minimum Gasteiger partial charge on any atom is -0.465 e. The average Bonchev–Trinajstić information content (AvgIpc) is 2.57. The number of fused-ring (bicyclic) bond motifs is 1. The standard InChI is InChI=1S/C12H14N2O3/c1-6-5-8-10(15)9(12(16)17-4)7(2)13-11(8)14(6)3/h5H,1-4H3,(H,13,15). The number of H-pyrrole nitrogens is 1. The van der Waals surface area contributed by atoms with Crippen molar-refractivity contribution in [3.8, 4) is 0 Å². The van der Waals surface area contributed by atoms with Crippen molar-refractivity contribution in [1.29, 1.82) is 0 Å². The third-order valence-electron chi connectivity index (χ3n) is 3.01.